The number of carbonyl (C=O) groups excluding carboxylic acids is 1. The molecule has 3 aromatic rings. The lowest BCUT2D eigenvalue weighted by Crippen LogP contribution is -2.37. The molecule has 2 aliphatic rings. The summed E-state index contributed by atoms with van der Waals surface area (Å²) in [5.74, 6) is 0.521. The minimum absolute atomic E-state index is 0.0375. The number of allylic oxidation sites excluding steroid dienone is 2. The van der Waals surface area contributed by atoms with E-state index in [1.54, 1.807) is 16.8 Å². The number of rotatable bonds is 4. The van der Waals surface area contributed by atoms with Crippen LogP contribution in [-0.4, -0.2) is 20.5 Å². The lowest BCUT2D eigenvalue weighted by molar-refractivity contribution is -0.118. The smallest absolute Gasteiger partial charge is 0.227 e. The number of hydrogen-bond donors (Lipinski definition) is 1. The zero-order valence-electron chi connectivity index (χ0n) is 18.0. The van der Waals surface area contributed by atoms with Gasteiger partial charge in [-0.05, 0) is 35.6 Å². The zero-order valence-corrected chi connectivity index (χ0v) is 20.4. The summed E-state index contributed by atoms with van der Waals surface area (Å²) >= 11 is 14.2. The maximum atomic E-state index is 15.1. The number of benzene rings is 2. The van der Waals surface area contributed by atoms with E-state index >= 15 is 4.39 Å². The highest BCUT2D eigenvalue weighted by Gasteiger charge is 2.43. The summed E-state index contributed by atoms with van der Waals surface area (Å²) in [7, 11) is 0. The predicted octanol–water partition coefficient (Wildman–Crippen LogP) is 6.67. The molecule has 5 nitrogen and oxygen atoms in total. The number of aromatic nitrogens is 3. The maximum absolute atomic E-state index is 15.1. The van der Waals surface area contributed by atoms with Crippen LogP contribution in [0.5, 0.6) is 0 Å². The van der Waals surface area contributed by atoms with E-state index in [4.69, 9.17) is 23.2 Å². The summed E-state index contributed by atoms with van der Waals surface area (Å²) in [5.41, 5.74) is 2.24. The molecule has 0 radical (unpaired) electrons. The van der Waals surface area contributed by atoms with E-state index in [9.17, 15) is 4.79 Å². The predicted molar refractivity (Wildman–Crippen MR) is 129 cm³/mol. The number of anilines is 1. The Hall–Kier alpha value is -2.35. The minimum atomic E-state index is -0.782. The Morgan fingerprint density at radius 2 is 1.91 bits per heavy atom. The van der Waals surface area contributed by atoms with Crippen molar-refractivity contribution < 1.29 is 9.18 Å². The molecule has 1 aliphatic carbocycles. The van der Waals surface area contributed by atoms with Crippen molar-refractivity contribution in [2.24, 2.45) is 5.41 Å². The third-order valence-electron chi connectivity index (χ3n) is 5.90. The van der Waals surface area contributed by atoms with E-state index in [0.29, 0.717) is 40.3 Å². The number of Topliss-reactive ketones (excluding diaryl/α,β-unsaturated/α-hetero) is 1. The largest absolute Gasteiger partial charge is 0.328 e. The lowest BCUT2D eigenvalue weighted by Gasteiger charge is -2.38. The van der Waals surface area contributed by atoms with Crippen LogP contribution < -0.4 is 5.32 Å². The van der Waals surface area contributed by atoms with Gasteiger partial charge >= 0.3 is 0 Å². The molecular weight excluding hydrogens is 482 g/mol. The monoisotopic (exact) mass is 502 g/mol. The van der Waals surface area contributed by atoms with Crippen LogP contribution in [0.3, 0.4) is 0 Å². The number of fused-ring (bicyclic) bond motifs is 1. The summed E-state index contributed by atoms with van der Waals surface area (Å²) in [5, 5.41) is 9.37. The van der Waals surface area contributed by atoms with Gasteiger partial charge in [0.15, 0.2) is 5.78 Å². The number of ketones is 1. The second-order valence-corrected chi connectivity index (χ2v) is 10.8. The van der Waals surface area contributed by atoms with Crippen LogP contribution in [0.1, 0.15) is 43.9 Å². The van der Waals surface area contributed by atoms with Crippen LogP contribution in [-0.2, 0) is 10.5 Å². The van der Waals surface area contributed by atoms with Gasteiger partial charge in [0, 0.05) is 39.1 Å². The number of thioether (sulfide) groups is 1. The van der Waals surface area contributed by atoms with E-state index in [2.05, 4.69) is 15.4 Å². The average Bonchev–Trinajstić information content (AvgIpc) is 3.14. The molecule has 0 saturated heterocycles. The van der Waals surface area contributed by atoms with Crippen molar-refractivity contribution in [1.82, 2.24) is 14.8 Å². The van der Waals surface area contributed by atoms with Gasteiger partial charge in [-0.15, -0.1) is 5.10 Å². The summed E-state index contributed by atoms with van der Waals surface area (Å²) in [6, 6.07) is 11.3. The zero-order chi connectivity index (χ0) is 23.3. The third kappa shape index (κ3) is 4.18. The highest BCUT2D eigenvalue weighted by Crippen LogP contribution is 2.47. The first-order chi connectivity index (χ1) is 15.7. The number of nitrogens with one attached hydrogen (secondary N) is 1. The standard InChI is InChI=1S/C24H21Cl2FN4OS/c1-24(2)10-17-20(18(32)11-24)21(19-15(26)8-5-9-16(19)27)31-22(28-17)29-23(30-31)33-12-13-6-3-4-7-14(13)25/h3-9,21H,10-12H2,1-2H3,(H,28,29,30). The van der Waals surface area contributed by atoms with Crippen molar-refractivity contribution in [2.45, 2.75) is 43.6 Å². The molecule has 1 aromatic heterocycles. The van der Waals surface area contributed by atoms with Gasteiger partial charge in [-0.2, -0.15) is 4.98 Å². The summed E-state index contributed by atoms with van der Waals surface area (Å²) < 4.78 is 16.6. The SMILES string of the molecule is CC1(C)CC(=O)C2=C(C1)Nc1nc(SCc3ccccc3Cl)nn1C2c1c(F)cccc1Cl. The normalized spacial score (nSPS) is 19.2. The third-order valence-corrected chi connectivity index (χ3v) is 7.49. The van der Waals surface area contributed by atoms with Gasteiger partial charge in [-0.1, -0.05) is 73.1 Å². The quantitative estimate of drug-likeness (QED) is 0.403. The Morgan fingerprint density at radius 1 is 1.15 bits per heavy atom. The molecule has 9 heteroatoms. The van der Waals surface area contributed by atoms with Gasteiger partial charge in [0.2, 0.25) is 11.1 Å². The lowest BCUT2D eigenvalue weighted by atomic mass is 9.73. The van der Waals surface area contributed by atoms with Gasteiger partial charge in [0.1, 0.15) is 11.9 Å². The summed E-state index contributed by atoms with van der Waals surface area (Å²) in [6.07, 6.45) is 1.01. The summed E-state index contributed by atoms with van der Waals surface area (Å²) in [6.45, 7) is 4.09. The average molecular weight is 503 g/mol. The Morgan fingerprint density at radius 3 is 2.67 bits per heavy atom. The molecule has 2 heterocycles. The number of nitrogens with zero attached hydrogens (tertiary/aromatic N) is 3. The number of halogens is 3. The van der Waals surface area contributed by atoms with Crippen LogP contribution in [0.4, 0.5) is 10.3 Å². The van der Waals surface area contributed by atoms with Crippen molar-refractivity contribution in [2.75, 3.05) is 5.32 Å². The topological polar surface area (TPSA) is 59.8 Å². The van der Waals surface area contributed by atoms with Crippen molar-refractivity contribution in [3.8, 4) is 0 Å². The molecule has 0 amide bonds. The fourth-order valence-electron chi connectivity index (χ4n) is 4.45. The molecule has 0 fully saturated rings. The molecule has 33 heavy (non-hydrogen) atoms. The number of hydrogen-bond acceptors (Lipinski definition) is 5. The Kier molecular flexibility index (Phi) is 5.75. The molecule has 2 aromatic carbocycles. The highest BCUT2D eigenvalue weighted by atomic mass is 35.5. The molecule has 1 unspecified atom stereocenters. The van der Waals surface area contributed by atoms with Crippen molar-refractivity contribution in [1.29, 1.82) is 0 Å². The number of carbonyl (C=O) groups is 1. The van der Waals surface area contributed by atoms with Gasteiger partial charge < -0.3 is 5.32 Å². The van der Waals surface area contributed by atoms with Crippen LogP contribution in [0.2, 0.25) is 10.0 Å². The van der Waals surface area contributed by atoms with Crippen LogP contribution in [0.15, 0.2) is 58.9 Å². The van der Waals surface area contributed by atoms with Crippen molar-refractivity contribution in [3.05, 3.63) is 80.7 Å². The fourth-order valence-corrected chi connectivity index (χ4v) is 5.83. The van der Waals surface area contributed by atoms with Crippen LogP contribution >= 0.6 is 35.0 Å². The molecule has 1 N–H and O–H groups in total. The molecule has 0 spiro atoms. The van der Waals surface area contributed by atoms with Gasteiger partial charge in [0.25, 0.3) is 0 Å². The van der Waals surface area contributed by atoms with Crippen LogP contribution in [0.25, 0.3) is 0 Å². The molecule has 0 saturated carbocycles. The minimum Gasteiger partial charge on any atom is -0.328 e. The first-order valence-corrected chi connectivity index (χ1v) is 12.3. The Labute approximate surface area is 205 Å². The Balaban J connectivity index is 1.58. The van der Waals surface area contributed by atoms with E-state index < -0.39 is 11.9 Å². The molecular formula is C24H21Cl2FN4OS. The maximum Gasteiger partial charge on any atom is 0.227 e. The highest BCUT2D eigenvalue weighted by molar-refractivity contribution is 7.98. The molecule has 1 atom stereocenters. The first-order valence-electron chi connectivity index (χ1n) is 10.5. The second kappa shape index (κ2) is 8.46. The fraction of sp³-hybridized carbons (Fsp3) is 0.292. The Bertz CT molecular complexity index is 1280. The van der Waals surface area contributed by atoms with Gasteiger partial charge in [-0.25, -0.2) is 9.07 Å². The van der Waals surface area contributed by atoms with Gasteiger partial charge in [-0.3, -0.25) is 4.79 Å². The van der Waals surface area contributed by atoms with Crippen molar-refractivity contribution >= 4 is 46.7 Å². The first kappa shape index (κ1) is 22.4. The van der Waals surface area contributed by atoms with E-state index in [1.807, 2.05) is 38.1 Å². The van der Waals surface area contributed by atoms with E-state index in [-0.39, 0.29) is 21.8 Å². The second-order valence-electron chi connectivity index (χ2n) is 9.04. The van der Waals surface area contributed by atoms with E-state index in [0.717, 1.165) is 11.3 Å². The summed E-state index contributed by atoms with van der Waals surface area (Å²) in [4.78, 5) is 17.9. The molecule has 170 valence electrons. The van der Waals surface area contributed by atoms with E-state index in [1.165, 1.54) is 17.8 Å². The molecule has 1 aliphatic heterocycles. The van der Waals surface area contributed by atoms with Crippen molar-refractivity contribution in [3.63, 3.8) is 0 Å². The molecule has 5 rings (SSSR count). The van der Waals surface area contributed by atoms with Crippen LogP contribution in [0, 0.1) is 11.2 Å². The van der Waals surface area contributed by atoms with Gasteiger partial charge in [0.05, 0.1) is 0 Å². The molecule has 0 bridgehead atoms.